The molecule has 0 aliphatic carbocycles. The molecular weight excluding hydrogens is 342 g/mol. The highest BCUT2D eigenvalue weighted by Crippen LogP contribution is 2.24. The molecule has 1 N–H and O–H groups in total. The van der Waals surface area contributed by atoms with Gasteiger partial charge in [0, 0.05) is 16.6 Å². The van der Waals surface area contributed by atoms with Gasteiger partial charge in [-0.25, -0.2) is 4.98 Å². The number of benzene rings is 2. The standard InChI is InChI=1S/C21H21N3OS/c1-15(20-8-5-13-26-20)22-14-21-23-18-6-3-4-7-19(18)24(21)16-9-11-17(25-2)12-10-16/h3-13,15,22H,14H2,1-2H3. The molecule has 5 heteroatoms. The van der Waals surface area contributed by atoms with Crippen LogP contribution < -0.4 is 10.1 Å². The Morgan fingerprint density at radius 1 is 1.08 bits per heavy atom. The van der Waals surface area contributed by atoms with Gasteiger partial charge in [0.05, 0.1) is 24.7 Å². The summed E-state index contributed by atoms with van der Waals surface area (Å²) in [5.41, 5.74) is 3.20. The van der Waals surface area contributed by atoms with Gasteiger partial charge in [-0.2, -0.15) is 0 Å². The molecule has 0 amide bonds. The maximum atomic E-state index is 5.29. The summed E-state index contributed by atoms with van der Waals surface area (Å²) < 4.78 is 7.50. The first-order chi connectivity index (χ1) is 12.8. The van der Waals surface area contributed by atoms with Crippen LogP contribution >= 0.6 is 11.3 Å². The summed E-state index contributed by atoms with van der Waals surface area (Å²) >= 11 is 1.77. The molecule has 0 radical (unpaired) electrons. The molecule has 2 aromatic carbocycles. The smallest absolute Gasteiger partial charge is 0.128 e. The molecular formula is C21H21N3OS. The first-order valence-electron chi connectivity index (χ1n) is 8.64. The van der Waals surface area contributed by atoms with Crippen molar-refractivity contribution in [2.75, 3.05) is 7.11 Å². The van der Waals surface area contributed by atoms with Crippen molar-refractivity contribution in [3.8, 4) is 11.4 Å². The Kier molecular flexibility index (Phi) is 4.73. The lowest BCUT2D eigenvalue weighted by Crippen LogP contribution is -2.19. The quantitative estimate of drug-likeness (QED) is 0.527. The van der Waals surface area contributed by atoms with Crippen LogP contribution in [0.2, 0.25) is 0 Å². The van der Waals surface area contributed by atoms with Crippen molar-refractivity contribution in [3.63, 3.8) is 0 Å². The van der Waals surface area contributed by atoms with Crippen molar-refractivity contribution >= 4 is 22.4 Å². The molecule has 1 atom stereocenters. The highest BCUT2D eigenvalue weighted by Gasteiger charge is 2.14. The third-order valence-corrected chi connectivity index (χ3v) is 5.55. The third-order valence-electron chi connectivity index (χ3n) is 4.50. The normalized spacial score (nSPS) is 12.4. The van der Waals surface area contributed by atoms with E-state index >= 15 is 0 Å². The van der Waals surface area contributed by atoms with Gasteiger partial charge < -0.3 is 10.1 Å². The molecule has 0 saturated carbocycles. The monoisotopic (exact) mass is 363 g/mol. The second-order valence-corrected chi connectivity index (χ2v) is 7.15. The number of fused-ring (bicyclic) bond motifs is 1. The maximum Gasteiger partial charge on any atom is 0.128 e. The SMILES string of the molecule is COc1ccc(-n2c(CNC(C)c3cccs3)nc3ccccc32)cc1. The van der Waals surface area contributed by atoms with Crippen LogP contribution in [0.1, 0.15) is 23.7 Å². The fourth-order valence-corrected chi connectivity index (χ4v) is 3.86. The average Bonchev–Trinajstić information content (AvgIpc) is 3.34. The number of methoxy groups -OCH3 is 1. The molecule has 0 fully saturated rings. The van der Waals surface area contributed by atoms with E-state index in [1.54, 1.807) is 18.4 Å². The van der Waals surface area contributed by atoms with E-state index in [0.717, 1.165) is 28.3 Å². The summed E-state index contributed by atoms with van der Waals surface area (Å²) in [5.74, 6) is 1.85. The molecule has 0 saturated heterocycles. The molecule has 0 aliphatic rings. The van der Waals surface area contributed by atoms with E-state index in [2.05, 4.69) is 64.7 Å². The zero-order valence-corrected chi connectivity index (χ0v) is 15.7. The predicted octanol–water partition coefficient (Wildman–Crippen LogP) is 4.95. The number of imidazole rings is 1. The second-order valence-electron chi connectivity index (χ2n) is 6.17. The van der Waals surface area contributed by atoms with Crippen molar-refractivity contribution in [3.05, 3.63) is 76.7 Å². The van der Waals surface area contributed by atoms with Crippen LogP contribution in [0.3, 0.4) is 0 Å². The Morgan fingerprint density at radius 3 is 2.62 bits per heavy atom. The van der Waals surface area contributed by atoms with E-state index in [4.69, 9.17) is 9.72 Å². The molecule has 0 spiro atoms. The van der Waals surface area contributed by atoms with Crippen LogP contribution in [0.25, 0.3) is 16.7 Å². The zero-order chi connectivity index (χ0) is 17.9. The van der Waals surface area contributed by atoms with Crippen molar-refractivity contribution in [2.45, 2.75) is 19.5 Å². The van der Waals surface area contributed by atoms with Crippen molar-refractivity contribution < 1.29 is 4.74 Å². The Balaban J connectivity index is 1.69. The van der Waals surface area contributed by atoms with Crippen molar-refractivity contribution in [2.24, 2.45) is 0 Å². The molecule has 4 rings (SSSR count). The van der Waals surface area contributed by atoms with E-state index in [1.165, 1.54) is 4.88 Å². The highest BCUT2D eigenvalue weighted by atomic mass is 32.1. The van der Waals surface area contributed by atoms with Gasteiger partial charge in [-0.1, -0.05) is 18.2 Å². The summed E-state index contributed by atoms with van der Waals surface area (Å²) in [6, 6.07) is 20.9. The van der Waals surface area contributed by atoms with Gasteiger partial charge in [0.25, 0.3) is 0 Å². The minimum absolute atomic E-state index is 0.291. The van der Waals surface area contributed by atoms with Crippen LogP contribution in [0.4, 0.5) is 0 Å². The lowest BCUT2D eigenvalue weighted by atomic mass is 10.2. The van der Waals surface area contributed by atoms with Gasteiger partial charge in [0.1, 0.15) is 11.6 Å². The Bertz CT molecular complexity index is 990. The van der Waals surface area contributed by atoms with E-state index in [0.29, 0.717) is 12.6 Å². The molecule has 2 aromatic heterocycles. The van der Waals surface area contributed by atoms with Gasteiger partial charge in [0.2, 0.25) is 0 Å². The van der Waals surface area contributed by atoms with E-state index in [9.17, 15) is 0 Å². The number of hydrogen-bond acceptors (Lipinski definition) is 4. The molecule has 1 unspecified atom stereocenters. The average molecular weight is 363 g/mol. The van der Waals surface area contributed by atoms with Gasteiger partial charge in [0.15, 0.2) is 0 Å². The van der Waals surface area contributed by atoms with Crippen LogP contribution in [0, 0.1) is 0 Å². The van der Waals surface area contributed by atoms with Gasteiger partial charge in [-0.05, 0) is 54.8 Å². The molecule has 4 nitrogen and oxygen atoms in total. The fraction of sp³-hybridized carbons (Fsp3) is 0.190. The van der Waals surface area contributed by atoms with Crippen LogP contribution in [-0.2, 0) is 6.54 Å². The van der Waals surface area contributed by atoms with E-state index in [-0.39, 0.29) is 0 Å². The Morgan fingerprint density at radius 2 is 1.88 bits per heavy atom. The first kappa shape index (κ1) is 16.8. The minimum atomic E-state index is 0.291. The lowest BCUT2D eigenvalue weighted by Gasteiger charge is -2.14. The number of aromatic nitrogens is 2. The van der Waals surface area contributed by atoms with E-state index < -0.39 is 0 Å². The predicted molar refractivity (Wildman–Crippen MR) is 107 cm³/mol. The molecule has 0 bridgehead atoms. The maximum absolute atomic E-state index is 5.29. The highest BCUT2D eigenvalue weighted by molar-refractivity contribution is 7.10. The molecule has 2 heterocycles. The van der Waals surface area contributed by atoms with Crippen LogP contribution in [0.5, 0.6) is 5.75 Å². The molecule has 132 valence electrons. The Labute approximate surface area is 157 Å². The Hall–Kier alpha value is -2.63. The topological polar surface area (TPSA) is 39.1 Å². The summed E-state index contributed by atoms with van der Waals surface area (Å²) in [4.78, 5) is 6.19. The van der Waals surface area contributed by atoms with Gasteiger partial charge in [-0.3, -0.25) is 4.57 Å². The molecule has 26 heavy (non-hydrogen) atoms. The molecule has 4 aromatic rings. The minimum Gasteiger partial charge on any atom is -0.497 e. The number of nitrogens with one attached hydrogen (secondary N) is 1. The summed E-state index contributed by atoms with van der Waals surface area (Å²) in [6.07, 6.45) is 0. The van der Waals surface area contributed by atoms with Crippen LogP contribution in [-0.4, -0.2) is 16.7 Å². The summed E-state index contributed by atoms with van der Waals surface area (Å²) in [6.45, 7) is 2.88. The lowest BCUT2D eigenvalue weighted by molar-refractivity contribution is 0.414. The molecule has 0 aliphatic heterocycles. The number of hydrogen-bond donors (Lipinski definition) is 1. The third kappa shape index (κ3) is 3.23. The number of nitrogens with zero attached hydrogens (tertiary/aromatic N) is 2. The largest absolute Gasteiger partial charge is 0.497 e. The summed E-state index contributed by atoms with van der Waals surface area (Å²) in [7, 11) is 1.68. The second kappa shape index (κ2) is 7.32. The van der Waals surface area contributed by atoms with Gasteiger partial charge in [-0.15, -0.1) is 11.3 Å². The summed E-state index contributed by atoms with van der Waals surface area (Å²) in [5, 5.41) is 5.71. The van der Waals surface area contributed by atoms with Crippen molar-refractivity contribution in [1.82, 2.24) is 14.9 Å². The van der Waals surface area contributed by atoms with Crippen molar-refractivity contribution in [1.29, 1.82) is 0 Å². The fourth-order valence-electron chi connectivity index (χ4n) is 3.10. The van der Waals surface area contributed by atoms with Gasteiger partial charge >= 0.3 is 0 Å². The number of rotatable bonds is 6. The number of ether oxygens (including phenoxy) is 1. The first-order valence-corrected chi connectivity index (χ1v) is 9.52. The number of thiophene rings is 1. The van der Waals surface area contributed by atoms with Crippen LogP contribution in [0.15, 0.2) is 66.0 Å². The zero-order valence-electron chi connectivity index (χ0n) is 14.8. The van der Waals surface area contributed by atoms with E-state index in [1.807, 2.05) is 18.2 Å². The number of para-hydroxylation sites is 2.